The molecule has 0 aromatic heterocycles. The third kappa shape index (κ3) is 4.01. The molecule has 0 unspecified atom stereocenters. The number of hydrogen-bond acceptors (Lipinski definition) is 4. The number of piperazine rings is 1. The van der Waals surface area contributed by atoms with Gasteiger partial charge in [0, 0.05) is 48.9 Å². The van der Waals surface area contributed by atoms with Crippen molar-refractivity contribution in [3.8, 4) is 0 Å². The number of fused-ring (bicyclic) bond motifs is 1. The lowest BCUT2D eigenvalue weighted by atomic mass is 10.00. The van der Waals surface area contributed by atoms with Gasteiger partial charge in [-0.25, -0.2) is 8.42 Å². The van der Waals surface area contributed by atoms with Gasteiger partial charge in [0.15, 0.2) is 0 Å². The van der Waals surface area contributed by atoms with Crippen molar-refractivity contribution in [3.63, 3.8) is 0 Å². The molecular weight excluding hydrogens is 414 g/mol. The number of carbonyl (C=O) groups is 2. The molecule has 1 fully saturated rings. The predicted molar refractivity (Wildman–Crippen MR) is 110 cm³/mol. The Bertz CT molecular complexity index is 1080. The van der Waals surface area contributed by atoms with Gasteiger partial charge in [0.1, 0.15) is 0 Å². The van der Waals surface area contributed by atoms with Crippen LogP contribution in [0.5, 0.6) is 0 Å². The number of benzene rings is 2. The maximum Gasteiger partial charge on any atom is 0.253 e. The Morgan fingerprint density at radius 2 is 1.76 bits per heavy atom. The molecule has 2 aromatic carbocycles. The average molecular weight is 434 g/mol. The Kier molecular flexibility index (Phi) is 5.33. The summed E-state index contributed by atoms with van der Waals surface area (Å²) in [6.07, 6.45) is 1.01. The van der Waals surface area contributed by atoms with Crippen LogP contribution >= 0.6 is 11.6 Å². The molecule has 0 spiro atoms. The minimum Gasteiger partial charge on any atom is -0.336 e. The van der Waals surface area contributed by atoms with Gasteiger partial charge in [-0.05, 0) is 48.4 Å². The van der Waals surface area contributed by atoms with Gasteiger partial charge in [-0.1, -0.05) is 17.7 Å². The summed E-state index contributed by atoms with van der Waals surface area (Å²) in [6.45, 7) is 1.07. The van der Waals surface area contributed by atoms with Crippen LogP contribution < -0.4 is 5.32 Å². The molecule has 9 heteroatoms. The van der Waals surface area contributed by atoms with E-state index in [2.05, 4.69) is 5.32 Å². The molecule has 7 nitrogen and oxygen atoms in total. The zero-order chi connectivity index (χ0) is 20.6. The van der Waals surface area contributed by atoms with E-state index in [1.807, 2.05) is 6.07 Å². The van der Waals surface area contributed by atoms with E-state index in [0.29, 0.717) is 36.5 Å². The van der Waals surface area contributed by atoms with Gasteiger partial charge in [0.25, 0.3) is 5.91 Å². The molecule has 2 aliphatic heterocycles. The maximum absolute atomic E-state index is 12.9. The van der Waals surface area contributed by atoms with Gasteiger partial charge >= 0.3 is 0 Å². The normalized spacial score (nSPS) is 17.6. The maximum atomic E-state index is 12.9. The Morgan fingerprint density at radius 1 is 1.00 bits per heavy atom. The van der Waals surface area contributed by atoms with E-state index in [4.69, 9.17) is 11.6 Å². The molecule has 1 N–H and O–H groups in total. The Hall–Kier alpha value is -2.42. The van der Waals surface area contributed by atoms with Crippen LogP contribution in [-0.4, -0.2) is 55.6 Å². The SMILES string of the molecule is O=C1CCc2cc(C(=O)N3CCN(S(=O)(=O)c4cccc(Cl)c4)CC3)ccc2N1. The van der Waals surface area contributed by atoms with Crippen LogP contribution in [0.25, 0.3) is 0 Å². The largest absolute Gasteiger partial charge is 0.336 e. The number of aryl methyl sites for hydroxylation is 1. The standard InChI is InChI=1S/C20H20ClN3O4S/c21-16-2-1-3-17(13-16)29(27,28)24-10-8-23(9-11-24)20(26)15-4-6-18-14(12-15)5-7-19(25)22-18/h1-4,6,12-13H,5,7-11H2,(H,22,25). The summed E-state index contributed by atoms with van der Waals surface area (Å²) in [4.78, 5) is 26.2. The summed E-state index contributed by atoms with van der Waals surface area (Å²) >= 11 is 5.92. The first-order valence-electron chi connectivity index (χ1n) is 9.32. The molecule has 2 aliphatic rings. The molecule has 152 valence electrons. The van der Waals surface area contributed by atoms with Gasteiger partial charge in [-0.2, -0.15) is 4.31 Å². The molecule has 0 radical (unpaired) electrons. The summed E-state index contributed by atoms with van der Waals surface area (Å²) in [5.41, 5.74) is 2.24. The highest BCUT2D eigenvalue weighted by Crippen LogP contribution is 2.25. The highest BCUT2D eigenvalue weighted by Gasteiger charge is 2.31. The monoisotopic (exact) mass is 433 g/mol. The molecule has 0 atom stereocenters. The smallest absolute Gasteiger partial charge is 0.253 e. The van der Waals surface area contributed by atoms with Crippen molar-refractivity contribution < 1.29 is 18.0 Å². The third-order valence-corrected chi connectivity index (χ3v) is 7.34. The lowest BCUT2D eigenvalue weighted by Gasteiger charge is -2.34. The zero-order valence-electron chi connectivity index (χ0n) is 15.6. The van der Waals surface area contributed by atoms with Crippen molar-refractivity contribution in [1.82, 2.24) is 9.21 Å². The first-order valence-corrected chi connectivity index (χ1v) is 11.1. The first kappa shape index (κ1) is 19.9. The van der Waals surface area contributed by atoms with Crippen molar-refractivity contribution in [1.29, 1.82) is 0 Å². The van der Waals surface area contributed by atoms with Gasteiger partial charge in [0.05, 0.1) is 4.90 Å². The summed E-state index contributed by atoms with van der Waals surface area (Å²) in [5, 5.41) is 3.17. The fraction of sp³-hybridized carbons (Fsp3) is 0.300. The number of halogens is 1. The second-order valence-electron chi connectivity index (χ2n) is 7.07. The van der Waals surface area contributed by atoms with Gasteiger partial charge in [-0.3, -0.25) is 9.59 Å². The van der Waals surface area contributed by atoms with E-state index >= 15 is 0 Å². The van der Waals surface area contributed by atoms with E-state index in [1.165, 1.54) is 16.4 Å². The van der Waals surface area contributed by atoms with Crippen LogP contribution in [0, 0.1) is 0 Å². The number of sulfonamides is 1. The Morgan fingerprint density at radius 3 is 2.48 bits per heavy atom. The molecule has 2 aromatic rings. The highest BCUT2D eigenvalue weighted by atomic mass is 35.5. The second kappa shape index (κ2) is 7.78. The van der Waals surface area contributed by atoms with E-state index < -0.39 is 10.0 Å². The lowest BCUT2D eigenvalue weighted by Crippen LogP contribution is -2.50. The molecule has 1 saturated heterocycles. The first-order chi connectivity index (χ1) is 13.8. The summed E-state index contributed by atoms with van der Waals surface area (Å²) in [5.74, 6) is -0.155. The van der Waals surface area contributed by atoms with Crippen molar-refractivity contribution in [2.45, 2.75) is 17.7 Å². The number of nitrogens with one attached hydrogen (secondary N) is 1. The molecule has 0 bridgehead atoms. The van der Waals surface area contributed by atoms with Crippen LogP contribution in [0.1, 0.15) is 22.3 Å². The minimum absolute atomic E-state index is 0.0198. The van der Waals surface area contributed by atoms with E-state index in [1.54, 1.807) is 29.2 Å². The summed E-state index contributed by atoms with van der Waals surface area (Å²) in [6, 6.07) is 11.4. The number of rotatable bonds is 3. The minimum atomic E-state index is -3.64. The number of hydrogen-bond donors (Lipinski definition) is 1. The van der Waals surface area contributed by atoms with E-state index in [-0.39, 0.29) is 29.8 Å². The topological polar surface area (TPSA) is 86.8 Å². The highest BCUT2D eigenvalue weighted by molar-refractivity contribution is 7.89. The van der Waals surface area contributed by atoms with Crippen molar-refractivity contribution in [3.05, 3.63) is 58.6 Å². The van der Waals surface area contributed by atoms with Crippen molar-refractivity contribution in [2.24, 2.45) is 0 Å². The number of carbonyl (C=O) groups excluding carboxylic acids is 2. The molecule has 0 aliphatic carbocycles. The summed E-state index contributed by atoms with van der Waals surface area (Å²) in [7, 11) is -3.64. The van der Waals surface area contributed by atoms with E-state index in [0.717, 1.165) is 11.3 Å². The molecule has 0 saturated carbocycles. The van der Waals surface area contributed by atoms with Crippen molar-refractivity contribution >= 4 is 39.1 Å². The fourth-order valence-corrected chi connectivity index (χ4v) is 5.33. The predicted octanol–water partition coefficient (Wildman–Crippen LogP) is 2.37. The fourth-order valence-electron chi connectivity index (χ4n) is 3.61. The summed E-state index contributed by atoms with van der Waals surface area (Å²) < 4.78 is 27.0. The number of amides is 2. The van der Waals surface area contributed by atoms with Crippen LogP contribution in [0.4, 0.5) is 5.69 Å². The van der Waals surface area contributed by atoms with Crippen LogP contribution in [-0.2, 0) is 21.2 Å². The number of anilines is 1. The second-order valence-corrected chi connectivity index (χ2v) is 9.45. The number of nitrogens with zero attached hydrogens (tertiary/aromatic N) is 2. The zero-order valence-corrected chi connectivity index (χ0v) is 17.2. The van der Waals surface area contributed by atoms with Gasteiger partial charge in [-0.15, -0.1) is 0 Å². The van der Waals surface area contributed by atoms with Crippen LogP contribution in [0.15, 0.2) is 47.4 Å². The third-order valence-electron chi connectivity index (χ3n) is 5.21. The quantitative estimate of drug-likeness (QED) is 0.805. The van der Waals surface area contributed by atoms with Crippen molar-refractivity contribution in [2.75, 3.05) is 31.5 Å². The molecular formula is C20H20ClN3O4S. The van der Waals surface area contributed by atoms with Crippen LogP contribution in [0.3, 0.4) is 0 Å². The molecule has 29 heavy (non-hydrogen) atoms. The molecule has 4 rings (SSSR count). The Balaban J connectivity index is 1.44. The van der Waals surface area contributed by atoms with Gasteiger partial charge < -0.3 is 10.2 Å². The Labute approximate surface area is 174 Å². The average Bonchev–Trinajstić information content (AvgIpc) is 2.73. The van der Waals surface area contributed by atoms with Crippen LogP contribution in [0.2, 0.25) is 5.02 Å². The van der Waals surface area contributed by atoms with E-state index in [9.17, 15) is 18.0 Å². The molecule has 2 amide bonds. The molecule has 2 heterocycles. The van der Waals surface area contributed by atoms with Gasteiger partial charge in [0.2, 0.25) is 15.9 Å². The lowest BCUT2D eigenvalue weighted by molar-refractivity contribution is -0.116.